The van der Waals surface area contributed by atoms with Crippen molar-refractivity contribution in [3.8, 4) is 0 Å². The standard InChI is InChI=1S/C21H17F3N4O2/c22-21(23,24)18-11-14(26)7-8-17(18)20(30)28-15-5-1-3-12(9-15)19(29)27-16-6-2-4-13(25)10-16/h1-11H,25-26H2,(H,27,29)(H,28,30). The van der Waals surface area contributed by atoms with Gasteiger partial charge in [-0.2, -0.15) is 13.2 Å². The molecule has 2 amide bonds. The Morgan fingerprint density at radius 2 is 1.33 bits per heavy atom. The van der Waals surface area contributed by atoms with Gasteiger partial charge in [-0.1, -0.05) is 12.1 Å². The van der Waals surface area contributed by atoms with Crippen molar-refractivity contribution in [2.24, 2.45) is 0 Å². The number of hydrogen-bond acceptors (Lipinski definition) is 4. The fourth-order valence-corrected chi connectivity index (χ4v) is 2.75. The lowest BCUT2D eigenvalue weighted by Crippen LogP contribution is -2.19. The first-order chi connectivity index (χ1) is 14.1. The highest BCUT2D eigenvalue weighted by atomic mass is 19.4. The number of carbonyl (C=O) groups excluding carboxylic acids is 2. The van der Waals surface area contributed by atoms with E-state index in [9.17, 15) is 22.8 Å². The van der Waals surface area contributed by atoms with Crippen molar-refractivity contribution < 1.29 is 22.8 Å². The lowest BCUT2D eigenvalue weighted by Gasteiger charge is -2.14. The van der Waals surface area contributed by atoms with Gasteiger partial charge in [0.25, 0.3) is 11.8 Å². The van der Waals surface area contributed by atoms with E-state index < -0.39 is 29.1 Å². The number of anilines is 4. The van der Waals surface area contributed by atoms with Crippen LogP contribution in [0.5, 0.6) is 0 Å². The Hall–Kier alpha value is -4.01. The van der Waals surface area contributed by atoms with Gasteiger partial charge < -0.3 is 22.1 Å². The number of amides is 2. The van der Waals surface area contributed by atoms with Gasteiger partial charge in [0.15, 0.2) is 0 Å². The molecule has 0 radical (unpaired) electrons. The van der Waals surface area contributed by atoms with E-state index >= 15 is 0 Å². The van der Waals surface area contributed by atoms with E-state index in [1.54, 1.807) is 24.3 Å². The molecule has 0 unspecified atom stereocenters. The molecule has 3 aromatic rings. The quantitative estimate of drug-likeness (QED) is 0.475. The number of hydrogen-bond donors (Lipinski definition) is 4. The lowest BCUT2D eigenvalue weighted by molar-refractivity contribution is -0.137. The minimum atomic E-state index is -4.75. The molecule has 30 heavy (non-hydrogen) atoms. The molecule has 9 heteroatoms. The molecule has 3 rings (SSSR count). The summed E-state index contributed by atoms with van der Waals surface area (Å²) >= 11 is 0. The predicted octanol–water partition coefficient (Wildman–Crippen LogP) is 4.37. The van der Waals surface area contributed by atoms with Crippen LogP contribution in [-0.2, 0) is 6.18 Å². The summed E-state index contributed by atoms with van der Waals surface area (Å²) in [5.41, 5.74) is 10.6. The van der Waals surface area contributed by atoms with Crippen LogP contribution in [0.1, 0.15) is 26.3 Å². The maximum Gasteiger partial charge on any atom is 0.417 e. The zero-order valence-corrected chi connectivity index (χ0v) is 15.5. The Kier molecular flexibility index (Phi) is 5.63. The number of halogens is 3. The van der Waals surface area contributed by atoms with Crippen LogP contribution in [-0.4, -0.2) is 11.8 Å². The molecular formula is C21H17F3N4O2. The van der Waals surface area contributed by atoms with E-state index in [1.165, 1.54) is 30.3 Å². The summed E-state index contributed by atoms with van der Waals surface area (Å²) in [6, 6.07) is 15.3. The fraction of sp³-hybridized carbons (Fsp3) is 0.0476. The summed E-state index contributed by atoms with van der Waals surface area (Å²) in [5, 5.41) is 5.03. The maximum atomic E-state index is 13.2. The van der Waals surface area contributed by atoms with Gasteiger partial charge >= 0.3 is 6.18 Å². The SMILES string of the molecule is Nc1cccc(NC(=O)c2cccc(NC(=O)c3ccc(N)cc3C(F)(F)F)c2)c1. The summed E-state index contributed by atoms with van der Waals surface area (Å²) in [7, 11) is 0. The second kappa shape index (κ2) is 8.16. The second-order valence-electron chi connectivity index (χ2n) is 6.42. The van der Waals surface area contributed by atoms with E-state index in [4.69, 9.17) is 11.5 Å². The highest BCUT2D eigenvalue weighted by molar-refractivity contribution is 6.08. The number of benzene rings is 3. The number of nitrogen functional groups attached to an aromatic ring is 2. The lowest BCUT2D eigenvalue weighted by atomic mass is 10.0. The summed E-state index contributed by atoms with van der Waals surface area (Å²) in [5.74, 6) is -1.45. The molecule has 0 atom stereocenters. The van der Waals surface area contributed by atoms with Crippen LogP contribution in [0.2, 0.25) is 0 Å². The van der Waals surface area contributed by atoms with E-state index in [-0.39, 0.29) is 16.9 Å². The van der Waals surface area contributed by atoms with Crippen LogP contribution in [0.15, 0.2) is 66.7 Å². The molecule has 0 fully saturated rings. The van der Waals surface area contributed by atoms with Gasteiger partial charge in [0, 0.05) is 28.3 Å². The summed E-state index contributed by atoms with van der Waals surface area (Å²) in [6.07, 6.45) is -4.75. The van der Waals surface area contributed by atoms with E-state index in [2.05, 4.69) is 10.6 Å². The van der Waals surface area contributed by atoms with Crippen molar-refractivity contribution in [2.45, 2.75) is 6.18 Å². The van der Waals surface area contributed by atoms with Gasteiger partial charge in [-0.3, -0.25) is 9.59 Å². The molecule has 0 aromatic heterocycles. The van der Waals surface area contributed by atoms with Gasteiger partial charge in [-0.25, -0.2) is 0 Å². The Bertz CT molecular complexity index is 1110. The highest BCUT2D eigenvalue weighted by Gasteiger charge is 2.35. The van der Waals surface area contributed by atoms with Crippen LogP contribution in [0.4, 0.5) is 35.9 Å². The van der Waals surface area contributed by atoms with Gasteiger partial charge in [0.2, 0.25) is 0 Å². The summed E-state index contributed by atoms with van der Waals surface area (Å²) < 4.78 is 39.7. The molecule has 6 N–H and O–H groups in total. The second-order valence-corrected chi connectivity index (χ2v) is 6.42. The molecule has 6 nitrogen and oxygen atoms in total. The largest absolute Gasteiger partial charge is 0.417 e. The van der Waals surface area contributed by atoms with E-state index in [0.717, 1.165) is 6.07 Å². The zero-order valence-electron chi connectivity index (χ0n) is 15.5. The monoisotopic (exact) mass is 414 g/mol. The first kappa shape index (κ1) is 20.7. The first-order valence-corrected chi connectivity index (χ1v) is 8.68. The van der Waals surface area contributed by atoms with Crippen molar-refractivity contribution >= 4 is 34.6 Å². The molecule has 0 aliphatic carbocycles. The molecule has 3 aromatic carbocycles. The summed E-state index contributed by atoms with van der Waals surface area (Å²) in [6.45, 7) is 0. The van der Waals surface area contributed by atoms with Gasteiger partial charge in [-0.15, -0.1) is 0 Å². The van der Waals surface area contributed by atoms with Crippen LogP contribution in [0, 0.1) is 0 Å². The molecule has 0 bridgehead atoms. The number of rotatable bonds is 4. The number of nitrogens with one attached hydrogen (secondary N) is 2. The first-order valence-electron chi connectivity index (χ1n) is 8.68. The average molecular weight is 414 g/mol. The van der Waals surface area contributed by atoms with Crippen LogP contribution >= 0.6 is 0 Å². The Balaban J connectivity index is 1.80. The summed E-state index contributed by atoms with van der Waals surface area (Å²) in [4.78, 5) is 24.9. The van der Waals surface area contributed by atoms with Gasteiger partial charge in [0.05, 0.1) is 11.1 Å². The molecule has 0 spiro atoms. The van der Waals surface area contributed by atoms with Crippen molar-refractivity contribution in [3.05, 3.63) is 83.4 Å². The Morgan fingerprint density at radius 1 is 0.733 bits per heavy atom. The third kappa shape index (κ3) is 4.88. The predicted molar refractivity (Wildman–Crippen MR) is 109 cm³/mol. The van der Waals surface area contributed by atoms with Crippen molar-refractivity contribution in [3.63, 3.8) is 0 Å². The van der Waals surface area contributed by atoms with Gasteiger partial charge in [-0.05, 0) is 54.6 Å². The Morgan fingerprint density at radius 3 is 2.00 bits per heavy atom. The zero-order chi connectivity index (χ0) is 21.9. The number of alkyl halides is 3. The van der Waals surface area contributed by atoms with Gasteiger partial charge in [0.1, 0.15) is 0 Å². The van der Waals surface area contributed by atoms with Crippen molar-refractivity contribution in [1.82, 2.24) is 0 Å². The normalized spacial score (nSPS) is 11.0. The average Bonchev–Trinajstić information content (AvgIpc) is 2.67. The van der Waals surface area contributed by atoms with E-state index in [0.29, 0.717) is 17.4 Å². The van der Waals surface area contributed by atoms with Crippen molar-refractivity contribution in [1.29, 1.82) is 0 Å². The topological polar surface area (TPSA) is 110 Å². The molecule has 0 saturated carbocycles. The molecular weight excluding hydrogens is 397 g/mol. The number of nitrogens with two attached hydrogens (primary N) is 2. The molecule has 0 heterocycles. The van der Waals surface area contributed by atoms with Crippen LogP contribution < -0.4 is 22.1 Å². The molecule has 0 saturated heterocycles. The minimum absolute atomic E-state index is 0.112. The van der Waals surface area contributed by atoms with Crippen molar-refractivity contribution in [2.75, 3.05) is 22.1 Å². The van der Waals surface area contributed by atoms with E-state index in [1.807, 2.05) is 0 Å². The van der Waals surface area contributed by atoms with Crippen LogP contribution in [0.25, 0.3) is 0 Å². The minimum Gasteiger partial charge on any atom is -0.399 e. The molecule has 154 valence electrons. The third-order valence-corrected chi connectivity index (χ3v) is 4.12. The smallest absolute Gasteiger partial charge is 0.399 e. The maximum absolute atomic E-state index is 13.2. The number of carbonyl (C=O) groups is 2. The Labute approximate surface area is 169 Å². The molecule has 0 aliphatic heterocycles. The highest BCUT2D eigenvalue weighted by Crippen LogP contribution is 2.33. The third-order valence-electron chi connectivity index (χ3n) is 4.12. The fourth-order valence-electron chi connectivity index (χ4n) is 2.75. The van der Waals surface area contributed by atoms with Crippen LogP contribution in [0.3, 0.4) is 0 Å². The molecule has 0 aliphatic rings.